The van der Waals surface area contributed by atoms with Crippen molar-refractivity contribution in [2.24, 2.45) is 0 Å². The third-order valence-electron chi connectivity index (χ3n) is 2.90. The van der Waals surface area contributed by atoms with E-state index in [1.54, 1.807) is 0 Å². The van der Waals surface area contributed by atoms with Crippen LogP contribution in [0.1, 0.15) is 19.2 Å². The predicted octanol–water partition coefficient (Wildman–Crippen LogP) is 2.93. The van der Waals surface area contributed by atoms with E-state index in [1.807, 2.05) is 23.9 Å². The molecule has 1 aromatic heterocycles. The van der Waals surface area contributed by atoms with E-state index in [0.29, 0.717) is 0 Å². The van der Waals surface area contributed by atoms with E-state index in [2.05, 4.69) is 28.8 Å². The Morgan fingerprint density at radius 3 is 2.94 bits per heavy atom. The van der Waals surface area contributed by atoms with Crippen molar-refractivity contribution >= 4 is 28.5 Å². The van der Waals surface area contributed by atoms with E-state index in [0.717, 1.165) is 30.0 Å². The highest BCUT2D eigenvalue weighted by molar-refractivity contribution is 7.98. The lowest BCUT2D eigenvalue weighted by molar-refractivity contribution is 0.664. The predicted molar refractivity (Wildman–Crippen MR) is 76.5 cm³/mol. The van der Waals surface area contributed by atoms with Crippen LogP contribution < -0.4 is 5.73 Å². The Morgan fingerprint density at radius 1 is 1.41 bits per heavy atom. The number of benzene rings is 1. The van der Waals surface area contributed by atoms with Crippen LogP contribution in [0.4, 0.5) is 5.69 Å². The minimum Gasteiger partial charge on any atom is -0.399 e. The van der Waals surface area contributed by atoms with E-state index in [-0.39, 0.29) is 0 Å². The van der Waals surface area contributed by atoms with Gasteiger partial charge < -0.3 is 10.3 Å². The number of hydrogen-bond donors (Lipinski definition) is 1. The van der Waals surface area contributed by atoms with Gasteiger partial charge in [-0.2, -0.15) is 11.8 Å². The first-order chi connectivity index (χ1) is 8.26. The minimum absolute atomic E-state index is 0.786. The molecule has 0 bridgehead atoms. The summed E-state index contributed by atoms with van der Waals surface area (Å²) in [6.45, 7) is 3.19. The Labute approximate surface area is 106 Å². The second kappa shape index (κ2) is 5.45. The lowest BCUT2D eigenvalue weighted by Crippen LogP contribution is -2.03. The zero-order chi connectivity index (χ0) is 12.3. The van der Waals surface area contributed by atoms with Crippen molar-refractivity contribution in [2.75, 3.05) is 17.7 Å². The van der Waals surface area contributed by atoms with Gasteiger partial charge in [-0.15, -0.1) is 0 Å². The maximum Gasteiger partial charge on any atom is 0.109 e. The standard InChI is InChI=1S/C13H19N3S/c1-3-13-15-11-9-10(14)5-6-12(11)16(13)7-4-8-17-2/h5-6,9H,3-4,7-8,14H2,1-2H3. The lowest BCUT2D eigenvalue weighted by Gasteiger charge is -2.07. The zero-order valence-electron chi connectivity index (χ0n) is 10.4. The van der Waals surface area contributed by atoms with E-state index >= 15 is 0 Å². The van der Waals surface area contributed by atoms with Gasteiger partial charge in [0.05, 0.1) is 11.0 Å². The summed E-state index contributed by atoms with van der Waals surface area (Å²) >= 11 is 1.89. The van der Waals surface area contributed by atoms with Crippen LogP contribution in [0.3, 0.4) is 0 Å². The van der Waals surface area contributed by atoms with Crippen LogP contribution >= 0.6 is 11.8 Å². The third kappa shape index (κ3) is 2.57. The van der Waals surface area contributed by atoms with E-state index in [1.165, 1.54) is 17.7 Å². The molecule has 0 atom stereocenters. The van der Waals surface area contributed by atoms with Crippen LogP contribution in [0.5, 0.6) is 0 Å². The summed E-state index contributed by atoms with van der Waals surface area (Å²) in [7, 11) is 0. The van der Waals surface area contributed by atoms with Crippen molar-refractivity contribution in [3.05, 3.63) is 24.0 Å². The van der Waals surface area contributed by atoms with Gasteiger partial charge in [-0.05, 0) is 36.6 Å². The van der Waals surface area contributed by atoms with Gasteiger partial charge in [-0.3, -0.25) is 0 Å². The Morgan fingerprint density at radius 2 is 2.24 bits per heavy atom. The highest BCUT2D eigenvalue weighted by atomic mass is 32.2. The van der Waals surface area contributed by atoms with Crippen LogP contribution in [0.15, 0.2) is 18.2 Å². The van der Waals surface area contributed by atoms with E-state index in [4.69, 9.17) is 5.73 Å². The molecule has 4 heteroatoms. The smallest absolute Gasteiger partial charge is 0.109 e. The van der Waals surface area contributed by atoms with Crippen LogP contribution in [-0.2, 0) is 13.0 Å². The molecule has 1 heterocycles. The van der Waals surface area contributed by atoms with Crippen molar-refractivity contribution in [2.45, 2.75) is 26.3 Å². The molecule has 0 aliphatic heterocycles. The van der Waals surface area contributed by atoms with Crippen LogP contribution in [-0.4, -0.2) is 21.6 Å². The molecule has 0 amide bonds. The molecule has 2 aromatic rings. The first kappa shape index (κ1) is 12.3. The van der Waals surface area contributed by atoms with Crippen LogP contribution in [0.25, 0.3) is 11.0 Å². The molecule has 3 nitrogen and oxygen atoms in total. The first-order valence-electron chi connectivity index (χ1n) is 5.99. The number of imidazole rings is 1. The minimum atomic E-state index is 0.786. The lowest BCUT2D eigenvalue weighted by atomic mass is 10.3. The number of rotatable bonds is 5. The third-order valence-corrected chi connectivity index (χ3v) is 3.59. The molecular formula is C13H19N3S. The molecule has 1 aromatic carbocycles. The van der Waals surface area contributed by atoms with Crippen molar-refractivity contribution in [1.82, 2.24) is 9.55 Å². The van der Waals surface area contributed by atoms with Gasteiger partial charge in [0.1, 0.15) is 5.82 Å². The van der Waals surface area contributed by atoms with Crippen LogP contribution in [0, 0.1) is 0 Å². The number of anilines is 1. The molecule has 0 saturated carbocycles. The van der Waals surface area contributed by atoms with E-state index in [9.17, 15) is 0 Å². The SMILES string of the molecule is CCc1nc2cc(N)ccc2n1CCCSC. The number of nitrogen functional groups attached to an aromatic ring is 1. The van der Waals surface area contributed by atoms with Gasteiger partial charge in [-0.25, -0.2) is 4.98 Å². The molecule has 0 saturated heterocycles. The average Bonchev–Trinajstić information content (AvgIpc) is 2.67. The maximum absolute atomic E-state index is 5.79. The monoisotopic (exact) mass is 249 g/mol. The van der Waals surface area contributed by atoms with Gasteiger partial charge in [0, 0.05) is 18.7 Å². The molecule has 17 heavy (non-hydrogen) atoms. The Bertz CT molecular complexity index is 505. The molecule has 0 spiro atoms. The summed E-state index contributed by atoms with van der Waals surface area (Å²) < 4.78 is 2.32. The highest BCUT2D eigenvalue weighted by Gasteiger charge is 2.08. The molecular weight excluding hydrogens is 230 g/mol. The molecule has 92 valence electrons. The van der Waals surface area contributed by atoms with Crippen molar-refractivity contribution < 1.29 is 0 Å². The number of aromatic nitrogens is 2. The highest BCUT2D eigenvalue weighted by Crippen LogP contribution is 2.20. The van der Waals surface area contributed by atoms with Crippen molar-refractivity contribution in [3.8, 4) is 0 Å². The van der Waals surface area contributed by atoms with Crippen molar-refractivity contribution in [3.63, 3.8) is 0 Å². The normalized spacial score (nSPS) is 11.2. The van der Waals surface area contributed by atoms with Gasteiger partial charge >= 0.3 is 0 Å². The summed E-state index contributed by atoms with van der Waals surface area (Å²) in [5, 5.41) is 0. The topological polar surface area (TPSA) is 43.8 Å². The Kier molecular flexibility index (Phi) is 3.94. The largest absolute Gasteiger partial charge is 0.399 e. The summed E-state index contributed by atoms with van der Waals surface area (Å²) in [5.74, 6) is 2.35. The molecule has 2 rings (SSSR count). The number of hydrogen-bond acceptors (Lipinski definition) is 3. The van der Waals surface area contributed by atoms with E-state index < -0.39 is 0 Å². The summed E-state index contributed by atoms with van der Waals surface area (Å²) in [4.78, 5) is 4.65. The quantitative estimate of drug-likeness (QED) is 0.654. The number of aryl methyl sites for hydroxylation is 2. The fourth-order valence-corrected chi connectivity index (χ4v) is 2.50. The second-order valence-corrected chi connectivity index (χ2v) is 5.11. The zero-order valence-corrected chi connectivity index (χ0v) is 11.3. The first-order valence-corrected chi connectivity index (χ1v) is 7.39. The van der Waals surface area contributed by atoms with Gasteiger partial charge in [0.2, 0.25) is 0 Å². The molecule has 0 radical (unpaired) electrons. The Hall–Kier alpha value is -1.16. The second-order valence-electron chi connectivity index (χ2n) is 4.13. The number of nitrogens with zero attached hydrogens (tertiary/aromatic N) is 2. The molecule has 0 unspecified atom stereocenters. The van der Waals surface area contributed by atoms with Crippen LogP contribution in [0.2, 0.25) is 0 Å². The van der Waals surface area contributed by atoms with Crippen molar-refractivity contribution in [1.29, 1.82) is 0 Å². The number of nitrogens with two attached hydrogens (primary N) is 1. The summed E-state index contributed by atoms with van der Waals surface area (Å²) in [5.41, 5.74) is 8.80. The fraction of sp³-hybridized carbons (Fsp3) is 0.462. The average molecular weight is 249 g/mol. The summed E-state index contributed by atoms with van der Waals surface area (Å²) in [6.07, 6.45) is 4.30. The van der Waals surface area contributed by atoms with Gasteiger partial charge in [0.15, 0.2) is 0 Å². The fourth-order valence-electron chi connectivity index (χ4n) is 2.08. The Balaban J connectivity index is 2.36. The maximum atomic E-state index is 5.79. The summed E-state index contributed by atoms with van der Waals surface area (Å²) in [6, 6.07) is 5.99. The number of fused-ring (bicyclic) bond motifs is 1. The number of thioether (sulfide) groups is 1. The van der Waals surface area contributed by atoms with Gasteiger partial charge in [0.25, 0.3) is 0 Å². The molecule has 0 fully saturated rings. The molecule has 0 aliphatic rings. The molecule has 0 aliphatic carbocycles. The molecule has 2 N–H and O–H groups in total. The van der Waals surface area contributed by atoms with Gasteiger partial charge in [-0.1, -0.05) is 6.92 Å².